The van der Waals surface area contributed by atoms with Gasteiger partial charge < -0.3 is 29.9 Å². The molecular formula is C27H34N4O5. The number of hydrogen-bond donors (Lipinski definition) is 2. The average molecular weight is 495 g/mol. The molecule has 9 nitrogen and oxygen atoms in total. The van der Waals surface area contributed by atoms with Gasteiger partial charge in [0.15, 0.2) is 0 Å². The van der Waals surface area contributed by atoms with Crippen LogP contribution in [0.3, 0.4) is 0 Å². The smallest absolute Gasteiger partial charge is 0.257 e. The summed E-state index contributed by atoms with van der Waals surface area (Å²) in [5.41, 5.74) is 1.99. The number of nitrogens with one attached hydrogen (secondary N) is 2. The van der Waals surface area contributed by atoms with Crippen LogP contribution in [0.4, 0.5) is 5.69 Å². The summed E-state index contributed by atoms with van der Waals surface area (Å²) in [6, 6.07) is 14.7. The Kier molecular flexibility index (Phi) is 8.22. The van der Waals surface area contributed by atoms with Gasteiger partial charge in [0.2, 0.25) is 11.8 Å². The Hall–Kier alpha value is -3.43. The maximum absolute atomic E-state index is 13.3. The zero-order valence-corrected chi connectivity index (χ0v) is 21.0. The number of nitrogens with zero attached hydrogens (tertiary/aromatic N) is 2. The molecule has 0 aromatic heterocycles. The molecule has 0 saturated carbocycles. The van der Waals surface area contributed by atoms with E-state index in [1.54, 1.807) is 35.0 Å². The topological polar surface area (TPSA) is 100 Å². The van der Waals surface area contributed by atoms with Crippen molar-refractivity contribution in [1.29, 1.82) is 0 Å². The van der Waals surface area contributed by atoms with Crippen LogP contribution in [0.25, 0.3) is 0 Å². The molecule has 0 aliphatic carbocycles. The van der Waals surface area contributed by atoms with Crippen LogP contribution in [-0.2, 0) is 20.9 Å². The first-order valence-corrected chi connectivity index (χ1v) is 12.2. The number of rotatable bonds is 7. The first-order valence-electron chi connectivity index (χ1n) is 12.2. The summed E-state index contributed by atoms with van der Waals surface area (Å²) >= 11 is 0. The van der Waals surface area contributed by atoms with Crippen LogP contribution in [-0.4, -0.2) is 80.1 Å². The molecule has 0 radical (unpaired) electrons. The van der Waals surface area contributed by atoms with E-state index in [0.29, 0.717) is 36.4 Å². The van der Waals surface area contributed by atoms with Crippen molar-refractivity contribution in [3.63, 3.8) is 0 Å². The largest absolute Gasteiger partial charge is 0.490 e. The molecular weight excluding hydrogens is 460 g/mol. The minimum absolute atomic E-state index is 0.0623. The summed E-state index contributed by atoms with van der Waals surface area (Å²) < 4.78 is 12.3. The highest BCUT2D eigenvalue weighted by molar-refractivity contribution is 6.00. The number of ether oxygens (including phenoxy) is 2. The van der Waals surface area contributed by atoms with Crippen molar-refractivity contribution >= 4 is 23.4 Å². The van der Waals surface area contributed by atoms with Crippen LogP contribution in [0.15, 0.2) is 48.5 Å². The average Bonchev–Trinajstić information content (AvgIpc) is 2.85. The second-order valence-corrected chi connectivity index (χ2v) is 9.63. The van der Waals surface area contributed by atoms with Crippen molar-refractivity contribution in [2.75, 3.05) is 39.6 Å². The second kappa shape index (κ2) is 11.5. The van der Waals surface area contributed by atoms with Crippen LogP contribution in [0.2, 0.25) is 0 Å². The lowest BCUT2D eigenvalue weighted by molar-refractivity contribution is -0.134. The molecule has 3 amide bonds. The van der Waals surface area contributed by atoms with Crippen molar-refractivity contribution in [3.8, 4) is 5.75 Å². The van der Waals surface area contributed by atoms with E-state index in [1.165, 1.54) is 0 Å². The summed E-state index contributed by atoms with van der Waals surface area (Å²) in [6.45, 7) is 0.991. The lowest BCUT2D eigenvalue weighted by atomic mass is 9.94. The van der Waals surface area contributed by atoms with Crippen molar-refractivity contribution in [2.24, 2.45) is 0 Å². The lowest BCUT2D eigenvalue weighted by Crippen LogP contribution is -2.53. The van der Waals surface area contributed by atoms with E-state index in [-0.39, 0.29) is 55.5 Å². The highest BCUT2D eigenvalue weighted by Crippen LogP contribution is 2.32. The van der Waals surface area contributed by atoms with Crippen LogP contribution in [0.1, 0.15) is 35.2 Å². The fourth-order valence-electron chi connectivity index (χ4n) is 4.67. The quantitative estimate of drug-likeness (QED) is 0.613. The molecule has 2 N–H and O–H groups in total. The Bertz CT molecular complexity index is 1090. The molecule has 2 aromatic carbocycles. The second-order valence-electron chi connectivity index (χ2n) is 9.63. The third-order valence-electron chi connectivity index (χ3n) is 6.50. The van der Waals surface area contributed by atoms with Crippen LogP contribution in [0, 0.1) is 0 Å². The highest BCUT2D eigenvalue weighted by atomic mass is 16.5. The number of hydrogen-bond acceptors (Lipinski definition) is 6. The first kappa shape index (κ1) is 25.7. The summed E-state index contributed by atoms with van der Waals surface area (Å²) in [5, 5.41) is 5.78. The van der Waals surface area contributed by atoms with Gasteiger partial charge in [0, 0.05) is 19.3 Å². The molecule has 192 valence electrons. The van der Waals surface area contributed by atoms with Gasteiger partial charge in [0.1, 0.15) is 18.5 Å². The molecule has 2 aromatic rings. The summed E-state index contributed by atoms with van der Waals surface area (Å²) in [6.07, 6.45) is 1.07. The van der Waals surface area contributed by atoms with E-state index in [0.717, 1.165) is 5.56 Å². The van der Waals surface area contributed by atoms with Crippen molar-refractivity contribution in [1.82, 2.24) is 15.1 Å². The Balaban J connectivity index is 1.38. The number of likely N-dealkylation sites (N-methyl/N-ethyl adjacent to an activating group) is 2. The van der Waals surface area contributed by atoms with Crippen LogP contribution in [0.5, 0.6) is 5.75 Å². The molecule has 3 atom stereocenters. The fourth-order valence-corrected chi connectivity index (χ4v) is 4.67. The maximum Gasteiger partial charge on any atom is 0.257 e. The molecule has 4 rings (SSSR count). The monoisotopic (exact) mass is 494 g/mol. The lowest BCUT2D eigenvalue weighted by Gasteiger charge is -2.42. The van der Waals surface area contributed by atoms with E-state index >= 15 is 0 Å². The predicted octanol–water partition coefficient (Wildman–Crippen LogP) is 2.27. The standard InChI is InChI=1S/C27H34N4O5/c1-30(2)16-26(33)29-19-9-12-23-21(13-19)27(34)31(3)22-11-10-20(36-24(22)17-35-23)14-25(32)28-15-18-7-5-4-6-8-18/h4-9,12-13,20,22,24H,10-11,14-17H2,1-3H3,(H,28,32)(H,29,33)/t20-,22+,24-/m1/s1. The molecule has 9 heteroatoms. The third kappa shape index (κ3) is 6.41. The molecule has 2 heterocycles. The Morgan fingerprint density at radius 2 is 1.86 bits per heavy atom. The Morgan fingerprint density at radius 1 is 1.08 bits per heavy atom. The van der Waals surface area contributed by atoms with Crippen molar-refractivity contribution < 1.29 is 23.9 Å². The van der Waals surface area contributed by atoms with Gasteiger partial charge in [0.05, 0.1) is 30.7 Å². The maximum atomic E-state index is 13.3. The summed E-state index contributed by atoms with van der Waals surface area (Å²) in [7, 11) is 5.40. The van der Waals surface area contributed by atoms with Crippen LogP contribution >= 0.6 is 0 Å². The number of fused-ring (bicyclic) bond motifs is 2. The van der Waals surface area contributed by atoms with E-state index in [4.69, 9.17) is 9.47 Å². The highest BCUT2D eigenvalue weighted by Gasteiger charge is 2.39. The van der Waals surface area contributed by atoms with E-state index < -0.39 is 0 Å². The van der Waals surface area contributed by atoms with Gasteiger partial charge in [-0.3, -0.25) is 14.4 Å². The number of benzene rings is 2. The number of carbonyl (C=O) groups excluding carboxylic acids is 3. The van der Waals surface area contributed by atoms with Gasteiger partial charge in [-0.1, -0.05) is 30.3 Å². The molecule has 2 aliphatic rings. The number of anilines is 1. The molecule has 36 heavy (non-hydrogen) atoms. The zero-order valence-electron chi connectivity index (χ0n) is 21.0. The van der Waals surface area contributed by atoms with Crippen LogP contribution < -0.4 is 15.4 Å². The Labute approximate surface area is 211 Å². The normalized spacial score (nSPS) is 21.5. The first-order chi connectivity index (χ1) is 17.3. The molecule has 0 bridgehead atoms. The SMILES string of the molecule is CN(C)CC(=O)Nc1ccc2c(c1)C(=O)N(C)[C@H]1CC[C@H](CC(=O)NCc3ccccc3)O[C@@H]1CO2. The predicted molar refractivity (Wildman–Crippen MR) is 136 cm³/mol. The van der Waals surface area contributed by atoms with E-state index in [9.17, 15) is 14.4 Å². The van der Waals surface area contributed by atoms with Gasteiger partial charge in [-0.2, -0.15) is 0 Å². The van der Waals surface area contributed by atoms with E-state index in [1.807, 2.05) is 44.4 Å². The minimum Gasteiger partial charge on any atom is -0.490 e. The van der Waals surface area contributed by atoms with Crippen molar-refractivity contribution in [2.45, 2.75) is 44.1 Å². The number of amides is 3. The summed E-state index contributed by atoms with van der Waals surface area (Å²) in [5.74, 6) is 0.0353. The molecule has 1 saturated heterocycles. The molecule has 0 spiro atoms. The number of carbonyl (C=O) groups is 3. The van der Waals surface area contributed by atoms with Gasteiger partial charge >= 0.3 is 0 Å². The van der Waals surface area contributed by atoms with Gasteiger partial charge in [0.25, 0.3) is 5.91 Å². The fraction of sp³-hybridized carbons (Fsp3) is 0.444. The van der Waals surface area contributed by atoms with Gasteiger partial charge in [-0.15, -0.1) is 0 Å². The minimum atomic E-state index is -0.341. The van der Waals surface area contributed by atoms with Gasteiger partial charge in [-0.25, -0.2) is 0 Å². The summed E-state index contributed by atoms with van der Waals surface area (Å²) in [4.78, 5) is 41.5. The van der Waals surface area contributed by atoms with Crippen molar-refractivity contribution in [3.05, 3.63) is 59.7 Å². The van der Waals surface area contributed by atoms with E-state index in [2.05, 4.69) is 10.6 Å². The molecule has 1 fully saturated rings. The molecule has 2 aliphatic heterocycles. The molecule has 0 unspecified atom stereocenters. The Morgan fingerprint density at radius 3 is 2.61 bits per heavy atom. The van der Waals surface area contributed by atoms with Gasteiger partial charge in [-0.05, 0) is 50.7 Å². The zero-order chi connectivity index (χ0) is 25.7. The third-order valence-corrected chi connectivity index (χ3v) is 6.50.